The van der Waals surface area contributed by atoms with Gasteiger partial charge in [0.2, 0.25) is 5.91 Å². The van der Waals surface area contributed by atoms with Crippen LogP contribution in [0.5, 0.6) is 0 Å². The number of hydrogen-bond donors (Lipinski definition) is 1. The van der Waals surface area contributed by atoms with Crippen molar-refractivity contribution in [1.29, 1.82) is 0 Å². The van der Waals surface area contributed by atoms with Gasteiger partial charge in [0.15, 0.2) is 16.8 Å². The van der Waals surface area contributed by atoms with Gasteiger partial charge < -0.3 is 9.88 Å². The zero-order valence-electron chi connectivity index (χ0n) is 16.0. The third-order valence-electron chi connectivity index (χ3n) is 4.25. The van der Waals surface area contributed by atoms with Gasteiger partial charge in [-0.05, 0) is 32.9 Å². The summed E-state index contributed by atoms with van der Waals surface area (Å²) in [5, 5.41) is 11.8. The molecule has 0 radical (unpaired) electrons. The monoisotopic (exact) mass is 394 g/mol. The molecule has 3 rings (SSSR count). The molecule has 0 aliphatic carbocycles. The number of nitrogens with one attached hydrogen (secondary N) is 1. The topological polar surface area (TPSA) is 76.9 Å². The Morgan fingerprint density at radius 2 is 1.86 bits per heavy atom. The number of anilines is 1. The second-order valence-corrected chi connectivity index (χ2v) is 7.61. The molecule has 0 saturated carbocycles. The zero-order valence-corrected chi connectivity index (χ0v) is 16.9. The van der Waals surface area contributed by atoms with E-state index >= 15 is 0 Å². The van der Waals surface area contributed by atoms with Gasteiger partial charge in [-0.3, -0.25) is 9.59 Å². The Balaban J connectivity index is 1.73. The van der Waals surface area contributed by atoms with Crippen LogP contribution in [0.4, 0.5) is 5.69 Å². The van der Waals surface area contributed by atoms with Gasteiger partial charge in [0.25, 0.3) is 0 Å². The Bertz CT molecular complexity index is 985. The SMILES string of the molecule is CCn1c(S[C@H](C)C(=O)Nc2cccc(C(C)=O)c2)nnc1-c1ccccc1. The van der Waals surface area contributed by atoms with Crippen molar-refractivity contribution in [3.8, 4) is 11.4 Å². The smallest absolute Gasteiger partial charge is 0.237 e. The Hall–Kier alpha value is -2.93. The summed E-state index contributed by atoms with van der Waals surface area (Å²) in [7, 11) is 0. The molecule has 0 bridgehead atoms. The summed E-state index contributed by atoms with van der Waals surface area (Å²) in [5.74, 6) is 0.591. The lowest BCUT2D eigenvalue weighted by Gasteiger charge is -2.13. The van der Waals surface area contributed by atoms with E-state index in [9.17, 15) is 9.59 Å². The summed E-state index contributed by atoms with van der Waals surface area (Å²) in [4.78, 5) is 24.1. The van der Waals surface area contributed by atoms with Gasteiger partial charge in [-0.25, -0.2) is 0 Å². The van der Waals surface area contributed by atoms with Gasteiger partial charge in [0, 0.05) is 23.4 Å². The van der Waals surface area contributed by atoms with Crippen LogP contribution in [0.15, 0.2) is 59.8 Å². The molecule has 1 N–H and O–H groups in total. The molecule has 1 heterocycles. The van der Waals surface area contributed by atoms with Crippen molar-refractivity contribution in [3.05, 3.63) is 60.2 Å². The third kappa shape index (κ3) is 4.48. The van der Waals surface area contributed by atoms with Crippen molar-refractivity contribution in [2.45, 2.75) is 37.7 Å². The van der Waals surface area contributed by atoms with Crippen molar-refractivity contribution >= 4 is 29.1 Å². The van der Waals surface area contributed by atoms with E-state index in [1.807, 2.05) is 48.7 Å². The minimum absolute atomic E-state index is 0.0389. The van der Waals surface area contributed by atoms with Crippen molar-refractivity contribution in [2.24, 2.45) is 0 Å². The highest BCUT2D eigenvalue weighted by molar-refractivity contribution is 8.00. The van der Waals surface area contributed by atoms with E-state index in [1.165, 1.54) is 18.7 Å². The van der Waals surface area contributed by atoms with E-state index in [2.05, 4.69) is 15.5 Å². The average Bonchev–Trinajstić information content (AvgIpc) is 3.11. The van der Waals surface area contributed by atoms with Crippen molar-refractivity contribution in [2.75, 3.05) is 5.32 Å². The second kappa shape index (κ2) is 8.84. The molecular formula is C21H22N4O2S. The Morgan fingerprint density at radius 1 is 1.11 bits per heavy atom. The average molecular weight is 395 g/mol. The lowest BCUT2D eigenvalue weighted by atomic mass is 10.1. The molecule has 0 fully saturated rings. The number of ketones is 1. The van der Waals surface area contributed by atoms with Crippen molar-refractivity contribution < 1.29 is 9.59 Å². The molecule has 3 aromatic rings. The summed E-state index contributed by atoms with van der Waals surface area (Å²) in [6.07, 6.45) is 0. The van der Waals surface area contributed by atoms with Crippen molar-refractivity contribution in [1.82, 2.24) is 14.8 Å². The first-order valence-electron chi connectivity index (χ1n) is 9.06. The summed E-state index contributed by atoms with van der Waals surface area (Å²) in [6, 6.07) is 16.8. The number of thioether (sulfide) groups is 1. The fourth-order valence-corrected chi connectivity index (χ4v) is 3.65. The van der Waals surface area contributed by atoms with Crippen LogP contribution in [0.2, 0.25) is 0 Å². The van der Waals surface area contributed by atoms with Gasteiger partial charge in [-0.2, -0.15) is 0 Å². The Kier molecular flexibility index (Phi) is 6.26. The molecule has 1 aromatic heterocycles. The van der Waals surface area contributed by atoms with E-state index in [-0.39, 0.29) is 16.9 Å². The maximum Gasteiger partial charge on any atom is 0.237 e. The first kappa shape index (κ1) is 19.8. The molecule has 1 amide bonds. The van der Waals surface area contributed by atoms with Crippen LogP contribution in [-0.2, 0) is 11.3 Å². The number of benzene rings is 2. The molecular weight excluding hydrogens is 372 g/mol. The molecule has 28 heavy (non-hydrogen) atoms. The van der Waals surface area contributed by atoms with Crippen LogP contribution in [0.1, 0.15) is 31.1 Å². The van der Waals surface area contributed by atoms with E-state index in [1.54, 1.807) is 24.3 Å². The molecule has 7 heteroatoms. The number of rotatable bonds is 7. The fourth-order valence-electron chi connectivity index (χ4n) is 2.73. The number of carbonyl (C=O) groups excluding carboxylic acids is 2. The maximum absolute atomic E-state index is 12.6. The molecule has 6 nitrogen and oxygen atoms in total. The minimum atomic E-state index is -0.376. The molecule has 2 aromatic carbocycles. The van der Waals surface area contributed by atoms with Gasteiger partial charge in [0.05, 0.1) is 5.25 Å². The van der Waals surface area contributed by atoms with E-state index in [0.29, 0.717) is 23.0 Å². The maximum atomic E-state index is 12.6. The first-order valence-corrected chi connectivity index (χ1v) is 9.94. The number of Topliss-reactive ketones (excluding diaryl/α,β-unsaturated/α-hetero) is 1. The molecule has 0 spiro atoms. The predicted molar refractivity (Wildman–Crippen MR) is 112 cm³/mol. The normalized spacial score (nSPS) is 11.8. The van der Waals surface area contributed by atoms with E-state index in [0.717, 1.165) is 11.4 Å². The highest BCUT2D eigenvalue weighted by Gasteiger charge is 2.20. The summed E-state index contributed by atoms with van der Waals surface area (Å²) in [5.41, 5.74) is 2.16. The van der Waals surface area contributed by atoms with Gasteiger partial charge in [-0.1, -0.05) is 54.2 Å². The van der Waals surface area contributed by atoms with Crippen molar-refractivity contribution in [3.63, 3.8) is 0 Å². The number of carbonyl (C=O) groups is 2. The summed E-state index contributed by atoms with van der Waals surface area (Å²) < 4.78 is 2.00. The highest BCUT2D eigenvalue weighted by Crippen LogP contribution is 2.27. The summed E-state index contributed by atoms with van der Waals surface area (Å²) >= 11 is 1.36. The van der Waals surface area contributed by atoms with Crippen LogP contribution in [0.3, 0.4) is 0 Å². The van der Waals surface area contributed by atoms with Gasteiger partial charge in [0.1, 0.15) is 0 Å². The van der Waals surface area contributed by atoms with Gasteiger partial charge >= 0.3 is 0 Å². The molecule has 0 aliphatic heterocycles. The fraction of sp³-hybridized carbons (Fsp3) is 0.238. The number of aromatic nitrogens is 3. The van der Waals surface area contributed by atoms with Crippen LogP contribution in [0, 0.1) is 0 Å². The van der Waals surface area contributed by atoms with Crippen LogP contribution < -0.4 is 5.32 Å². The number of amides is 1. The van der Waals surface area contributed by atoms with Gasteiger partial charge in [-0.15, -0.1) is 10.2 Å². The quantitative estimate of drug-likeness (QED) is 0.478. The first-order chi connectivity index (χ1) is 13.5. The molecule has 0 aliphatic rings. The van der Waals surface area contributed by atoms with Crippen LogP contribution in [0.25, 0.3) is 11.4 Å². The Labute approximate surface area is 168 Å². The third-order valence-corrected chi connectivity index (χ3v) is 5.33. The predicted octanol–water partition coefficient (Wildman–Crippen LogP) is 4.29. The summed E-state index contributed by atoms with van der Waals surface area (Å²) in [6.45, 7) is 6.05. The highest BCUT2D eigenvalue weighted by atomic mass is 32.2. The van der Waals surface area contributed by atoms with Crippen LogP contribution in [-0.4, -0.2) is 31.7 Å². The molecule has 0 unspecified atom stereocenters. The van der Waals surface area contributed by atoms with Crippen LogP contribution >= 0.6 is 11.8 Å². The largest absolute Gasteiger partial charge is 0.325 e. The molecule has 144 valence electrons. The standard InChI is InChI=1S/C21H22N4O2S/c1-4-25-19(16-9-6-5-7-10-16)23-24-21(25)28-15(3)20(27)22-18-12-8-11-17(13-18)14(2)26/h5-13,15H,4H2,1-3H3,(H,22,27)/t15-/m1/s1. The molecule has 0 saturated heterocycles. The number of hydrogen-bond acceptors (Lipinski definition) is 5. The minimum Gasteiger partial charge on any atom is -0.325 e. The Morgan fingerprint density at radius 3 is 2.54 bits per heavy atom. The lowest BCUT2D eigenvalue weighted by Crippen LogP contribution is -2.23. The molecule has 1 atom stereocenters. The zero-order chi connectivity index (χ0) is 20.1. The van der Waals surface area contributed by atoms with E-state index < -0.39 is 0 Å². The van der Waals surface area contributed by atoms with E-state index in [4.69, 9.17) is 0 Å². The second-order valence-electron chi connectivity index (χ2n) is 6.30. The lowest BCUT2D eigenvalue weighted by molar-refractivity contribution is -0.115. The number of nitrogens with zero attached hydrogens (tertiary/aromatic N) is 3.